The highest BCUT2D eigenvalue weighted by molar-refractivity contribution is 6.02. The van der Waals surface area contributed by atoms with Crippen LogP contribution in [0.25, 0.3) is 0 Å². The number of amides is 2. The molecule has 6 nitrogen and oxygen atoms in total. The van der Waals surface area contributed by atoms with E-state index in [1.807, 2.05) is 31.2 Å². The van der Waals surface area contributed by atoms with Gasteiger partial charge in [-0.2, -0.15) is 0 Å². The van der Waals surface area contributed by atoms with E-state index in [0.29, 0.717) is 36.8 Å². The van der Waals surface area contributed by atoms with Crippen LogP contribution < -0.4 is 20.5 Å². The molecule has 2 aromatic carbocycles. The van der Waals surface area contributed by atoms with Crippen LogP contribution in [0.3, 0.4) is 0 Å². The standard InChI is InChI=1S/C19H22N2O4/c1-2-24-16-10-5-6-11-17(16)25-13-7-12-18(22)21-15-9-4-3-8-14(15)19(20)23/h3-6,8-11H,2,7,12-13H2,1H3,(H2,20,23)(H,21,22). The van der Waals surface area contributed by atoms with Crippen LogP contribution in [-0.4, -0.2) is 25.0 Å². The van der Waals surface area contributed by atoms with Crippen LogP contribution in [-0.2, 0) is 4.79 Å². The van der Waals surface area contributed by atoms with Crippen LogP contribution in [0.1, 0.15) is 30.1 Å². The first kappa shape index (κ1) is 18.3. The van der Waals surface area contributed by atoms with E-state index in [-0.39, 0.29) is 17.9 Å². The van der Waals surface area contributed by atoms with Gasteiger partial charge >= 0.3 is 0 Å². The first-order chi connectivity index (χ1) is 12.1. The second kappa shape index (κ2) is 9.32. The monoisotopic (exact) mass is 342 g/mol. The number of nitrogens with two attached hydrogens (primary N) is 1. The molecule has 2 aromatic rings. The summed E-state index contributed by atoms with van der Waals surface area (Å²) in [5.74, 6) is 0.566. The molecule has 0 fully saturated rings. The van der Waals surface area contributed by atoms with E-state index in [4.69, 9.17) is 15.2 Å². The minimum Gasteiger partial charge on any atom is -0.490 e. The number of anilines is 1. The SMILES string of the molecule is CCOc1ccccc1OCCCC(=O)Nc1ccccc1C(N)=O. The van der Waals surface area contributed by atoms with Crippen molar-refractivity contribution in [1.29, 1.82) is 0 Å². The van der Waals surface area contributed by atoms with Crippen molar-refractivity contribution in [2.75, 3.05) is 18.5 Å². The number of hydrogen-bond acceptors (Lipinski definition) is 4. The molecule has 0 radical (unpaired) electrons. The molecule has 0 aromatic heterocycles. The van der Waals surface area contributed by atoms with Gasteiger partial charge in [0.2, 0.25) is 5.91 Å². The Labute approximate surface area is 146 Å². The molecule has 0 aliphatic rings. The Bertz CT molecular complexity index is 731. The molecule has 2 amide bonds. The third-order valence-electron chi connectivity index (χ3n) is 3.42. The second-order valence-corrected chi connectivity index (χ2v) is 5.29. The van der Waals surface area contributed by atoms with Crippen molar-refractivity contribution < 1.29 is 19.1 Å². The van der Waals surface area contributed by atoms with Crippen molar-refractivity contribution in [2.45, 2.75) is 19.8 Å². The summed E-state index contributed by atoms with van der Waals surface area (Å²) in [4.78, 5) is 23.4. The van der Waals surface area contributed by atoms with Crippen LogP contribution in [0.4, 0.5) is 5.69 Å². The lowest BCUT2D eigenvalue weighted by Gasteiger charge is -2.12. The first-order valence-electron chi connectivity index (χ1n) is 8.15. The number of ether oxygens (including phenoxy) is 2. The van der Waals surface area contributed by atoms with Crippen LogP contribution in [0.2, 0.25) is 0 Å². The third kappa shape index (κ3) is 5.53. The van der Waals surface area contributed by atoms with Crippen LogP contribution >= 0.6 is 0 Å². The van der Waals surface area contributed by atoms with Gasteiger partial charge in [0.15, 0.2) is 11.5 Å². The van der Waals surface area contributed by atoms with E-state index in [1.165, 1.54) is 0 Å². The zero-order valence-corrected chi connectivity index (χ0v) is 14.2. The van der Waals surface area contributed by atoms with Gasteiger partial charge in [0.05, 0.1) is 24.5 Å². The molecule has 25 heavy (non-hydrogen) atoms. The van der Waals surface area contributed by atoms with Crippen molar-refractivity contribution in [3.05, 3.63) is 54.1 Å². The lowest BCUT2D eigenvalue weighted by molar-refractivity contribution is -0.116. The minimum atomic E-state index is -0.577. The predicted octanol–water partition coefficient (Wildman–Crippen LogP) is 2.98. The van der Waals surface area contributed by atoms with Crippen molar-refractivity contribution in [3.63, 3.8) is 0 Å². The molecule has 0 spiro atoms. The molecule has 0 unspecified atom stereocenters. The average Bonchev–Trinajstić information content (AvgIpc) is 2.60. The number of carbonyl (C=O) groups excluding carboxylic acids is 2. The summed E-state index contributed by atoms with van der Waals surface area (Å²) in [5.41, 5.74) is 6.00. The van der Waals surface area contributed by atoms with Gasteiger partial charge in [-0.15, -0.1) is 0 Å². The van der Waals surface area contributed by atoms with Gasteiger partial charge < -0.3 is 20.5 Å². The maximum Gasteiger partial charge on any atom is 0.250 e. The number of carbonyl (C=O) groups is 2. The van der Waals surface area contributed by atoms with Crippen LogP contribution in [0.5, 0.6) is 11.5 Å². The molecular formula is C19H22N2O4. The fourth-order valence-electron chi connectivity index (χ4n) is 2.28. The lowest BCUT2D eigenvalue weighted by atomic mass is 10.1. The summed E-state index contributed by atoms with van der Waals surface area (Å²) < 4.78 is 11.2. The van der Waals surface area contributed by atoms with Crippen molar-refractivity contribution in [3.8, 4) is 11.5 Å². The molecule has 6 heteroatoms. The van der Waals surface area contributed by atoms with Gasteiger partial charge in [0, 0.05) is 6.42 Å². The summed E-state index contributed by atoms with van der Waals surface area (Å²) in [6.45, 7) is 2.85. The number of rotatable bonds is 9. The summed E-state index contributed by atoms with van der Waals surface area (Å²) in [5, 5.41) is 2.70. The maximum absolute atomic E-state index is 12.0. The van der Waals surface area contributed by atoms with E-state index >= 15 is 0 Å². The average molecular weight is 342 g/mol. The zero-order chi connectivity index (χ0) is 18.1. The number of para-hydroxylation sites is 3. The van der Waals surface area contributed by atoms with Gasteiger partial charge in [-0.1, -0.05) is 24.3 Å². The quantitative estimate of drug-likeness (QED) is 0.686. The summed E-state index contributed by atoms with van der Waals surface area (Å²) in [7, 11) is 0. The molecule has 0 bridgehead atoms. The summed E-state index contributed by atoms with van der Waals surface area (Å²) >= 11 is 0. The number of primary amides is 1. The van der Waals surface area contributed by atoms with Gasteiger partial charge in [0.25, 0.3) is 5.91 Å². The Morgan fingerprint density at radius 1 is 1.00 bits per heavy atom. The van der Waals surface area contributed by atoms with Crippen molar-refractivity contribution in [1.82, 2.24) is 0 Å². The molecule has 0 heterocycles. The highest BCUT2D eigenvalue weighted by Gasteiger charge is 2.10. The number of nitrogens with one attached hydrogen (secondary N) is 1. The minimum absolute atomic E-state index is 0.199. The normalized spacial score (nSPS) is 10.1. The fraction of sp³-hybridized carbons (Fsp3) is 0.263. The van der Waals surface area contributed by atoms with Crippen LogP contribution in [0, 0.1) is 0 Å². The zero-order valence-electron chi connectivity index (χ0n) is 14.2. The highest BCUT2D eigenvalue weighted by atomic mass is 16.5. The Balaban J connectivity index is 1.81. The van der Waals surface area contributed by atoms with E-state index in [1.54, 1.807) is 24.3 Å². The summed E-state index contributed by atoms with van der Waals surface area (Å²) in [6.07, 6.45) is 0.801. The Kier molecular flexibility index (Phi) is 6.83. The molecule has 0 saturated heterocycles. The molecule has 132 valence electrons. The number of hydrogen-bond donors (Lipinski definition) is 2. The lowest BCUT2D eigenvalue weighted by Crippen LogP contribution is -2.18. The Morgan fingerprint density at radius 2 is 1.64 bits per heavy atom. The molecule has 0 aliphatic heterocycles. The summed E-state index contributed by atoms with van der Waals surface area (Å²) in [6, 6.07) is 14.1. The first-order valence-corrected chi connectivity index (χ1v) is 8.15. The van der Waals surface area contributed by atoms with E-state index in [2.05, 4.69) is 5.32 Å². The molecular weight excluding hydrogens is 320 g/mol. The topological polar surface area (TPSA) is 90.7 Å². The van der Waals surface area contributed by atoms with Gasteiger partial charge in [-0.3, -0.25) is 9.59 Å². The molecule has 0 saturated carbocycles. The van der Waals surface area contributed by atoms with Crippen molar-refractivity contribution in [2.24, 2.45) is 5.73 Å². The third-order valence-corrected chi connectivity index (χ3v) is 3.42. The van der Waals surface area contributed by atoms with Gasteiger partial charge in [0.1, 0.15) is 0 Å². The smallest absolute Gasteiger partial charge is 0.250 e. The highest BCUT2D eigenvalue weighted by Crippen LogP contribution is 2.26. The Morgan fingerprint density at radius 3 is 2.32 bits per heavy atom. The largest absolute Gasteiger partial charge is 0.490 e. The molecule has 0 aliphatic carbocycles. The molecule has 2 rings (SSSR count). The predicted molar refractivity (Wildman–Crippen MR) is 95.9 cm³/mol. The van der Waals surface area contributed by atoms with Crippen LogP contribution in [0.15, 0.2) is 48.5 Å². The Hall–Kier alpha value is -3.02. The molecule has 0 atom stereocenters. The molecule has 3 N–H and O–H groups in total. The maximum atomic E-state index is 12.0. The van der Waals surface area contributed by atoms with Gasteiger partial charge in [-0.05, 0) is 37.6 Å². The fourth-order valence-corrected chi connectivity index (χ4v) is 2.28. The second-order valence-electron chi connectivity index (χ2n) is 5.29. The van der Waals surface area contributed by atoms with E-state index < -0.39 is 5.91 Å². The number of benzene rings is 2. The van der Waals surface area contributed by atoms with E-state index in [9.17, 15) is 9.59 Å². The van der Waals surface area contributed by atoms with Crippen molar-refractivity contribution >= 4 is 17.5 Å². The van der Waals surface area contributed by atoms with E-state index in [0.717, 1.165) is 0 Å². The van der Waals surface area contributed by atoms with Gasteiger partial charge in [-0.25, -0.2) is 0 Å².